The molecule has 0 fully saturated rings. The monoisotopic (exact) mass is 342 g/mol. The highest BCUT2D eigenvalue weighted by Gasteiger charge is 2.07. The highest BCUT2D eigenvalue weighted by molar-refractivity contribution is 9.10. The maximum atomic E-state index is 5.93. The number of aryl methyl sites for hydroxylation is 1. The van der Waals surface area contributed by atoms with Gasteiger partial charge in [0.2, 0.25) is 5.88 Å². The first-order chi connectivity index (χ1) is 9.08. The maximum Gasteiger partial charge on any atom is 0.224 e. The molecule has 19 heavy (non-hydrogen) atoms. The Morgan fingerprint density at radius 3 is 2.79 bits per heavy atom. The summed E-state index contributed by atoms with van der Waals surface area (Å²) >= 11 is 9.33. The lowest BCUT2D eigenvalue weighted by atomic mass is 10.2. The average molecular weight is 344 g/mol. The molecule has 0 amide bonds. The number of halogens is 2. The van der Waals surface area contributed by atoms with Crippen LogP contribution < -0.4 is 4.74 Å². The number of hydrogen-bond donors (Lipinski definition) is 0. The molecule has 0 unspecified atom stereocenters. The number of benzene rings is 1. The van der Waals surface area contributed by atoms with E-state index in [-0.39, 0.29) is 6.61 Å². The van der Waals surface area contributed by atoms with E-state index in [1.165, 1.54) is 0 Å². The number of ether oxygens (including phenoxy) is 2. The van der Waals surface area contributed by atoms with Crippen LogP contribution in [-0.2, 0) is 11.3 Å². The molecule has 0 bridgehead atoms. The molecule has 2 rings (SSSR count). The van der Waals surface area contributed by atoms with Crippen LogP contribution in [0.4, 0.5) is 0 Å². The minimum absolute atomic E-state index is 0.286. The molecule has 0 atom stereocenters. The molecule has 100 valence electrons. The van der Waals surface area contributed by atoms with Gasteiger partial charge < -0.3 is 9.47 Å². The van der Waals surface area contributed by atoms with Gasteiger partial charge in [0.1, 0.15) is 17.5 Å². The van der Waals surface area contributed by atoms with E-state index >= 15 is 0 Å². The van der Waals surface area contributed by atoms with E-state index in [4.69, 9.17) is 21.1 Å². The molecule has 1 aromatic heterocycles. The van der Waals surface area contributed by atoms with Crippen molar-refractivity contribution >= 4 is 27.5 Å². The summed E-state index contributed by atoms with van der Waals surface area (Å²) in [4.78, 5) is 8.28. The minimum atomic E-state index is 0.286. The van der Waals surface area contributed by atoms with Crippen molar-refractivity contribution < 1.29 is 9.47 Å². The molecule has 0 spiro atoms. The summed E-state index contributed by atoms with van der Waals surface area (Å²) in [6.07, 6.45) is 0. The Kier molecular flexibility index (Phi) is 4.74. The predicted octanol–water partition coefficient (Wildman–Crippen LogP) is 4.14. The van der Waals surface area contributed by atoms with E-state index in [2.05, 4.69) is 25.9 Å². The van der Waals surface area contributed by atoms with Crippen molar-refractivity contribution in [2.75, 3.05) is 7.11 Å². The van der Waals surface area contributed by atoms with Crippen LogP contribution in [0.5, 0.6) is 11.6 Å². The molecule has 0 aliphatic rings. The van der Waals surface area contributed by atoms with Gasteiger partial charge in [0.05, 0.1) is 0 Å². The van der Waals surface area contributed by atoms with Crippen LogP contribution in [0, 0.1) is 6.92 Å². The largest absolute Gasteiger partial charge is 0.439 e. The molecule has 2 aromatic rings. The molecular formula is C13H12BrClN2O2. The van der Waals surface area contributed by atoms with Crippen molar-refractivity contribution in [3.63, 3.8) is 0 Å². The van der Waals surface area contributed by atoms with Gasteiger partial charge in [0.15, 0.2) is 5.82 Å². The number of methoxy groups -OCH3 is 1. The van der Waals surface area contributed by atoms with Gasteiger partial charge in [0, 0.05) is 17.6 Å². The zero-order valence-electron chi connectivity index (χ0n) is 10.5. The van der Waals surface area contributed by atoms with Crippen LogP contribution in [0.15, 0.2) is 28.7 Å². The molecule has 0 aliphatic carbocycles. The second-order valence-electron chi connectivity index (χ2n) is 3.89. The molecule has 0 saturated heterocycles. The van der Waals surface area contributed by atoms with E-state index in [1.807, 2.05) is 25.1 Å². The number of rotatable bonds is 4. The Morgan fingerprint density at radius 1 is 1.26 bits per heavy atom. The highest BCUT2D eigenvalue weighted by atomic mass is 79.9. The standard InChI is InChI=1S/C13H12BrClN2O2/c1-8-3-4-9(14)5-10(8)19-13-6-11(15)16-12(17-13)7-18-2/h3-6H,7H2,1-2H3. The van der Waals surface area contributed by atoms with Gasteiger partial charge in [-0.15, -0.1) is 0 Å². The summed E-state index contributed by atoms with van der Waals surface area (Å²) < 4.78 is 11.7. The van der Waals surface area contributed by atoms with Crippen molar-refractivity contribution in [1.29, 1.82) is 0 Å². The fourth-order valence-electron chi connectivity index (χ4n) is 1.48. The van der Waals surface area contributed by atoms with Gasteiger partial charge in [0.25, 0.3) is 0 Å². The van der Waals surface area contributed by atoms with Crippen LogP contribution in [0.2, 0.25) is 5.15 Å². The van der Waals surface area contributed by atoms with Crippen molar-refractivity contribution in [1.82, 2.24) is 9.97 Å². The third-order valence-corrected chi connectivity index (χ3v) is 3.04. The van der Waals surface area contributed by atoms with Gasteiger partial charge in [-0.1, -0.05) is 33.6 Å². The van der Waals surface area contributed by atoms with Crippen molar-refractivity contribution in [3.05, 3.63) is 45.3 Å². The second-order valence-corrected chi connectivity index (χ2v) is 5.19. The zero-order valence-corrected chi connectivity index (χ0v) is 12.8. The normalized spacial score (nSPS) is 10.5. The summed E-state index contributed by atoms with van der Waals surface area (Å²) in [7, 11) is 1.57. The van der Waals surface area contributed by atoms with Crippen LogP contribution in [-0.4, -0.2) is 17.1 Å². The SMILES string of the molecule is COCc1nc(Cl)cc(Oc2cc(Br)ccc2C)n1. The quantitative estimate of drug-likeness (QED) is 0.783. The van der Waals surface area contributed by atoms with Gasteiger partial charge in [-0.2, -0.15) is 4.98 Å². The van der Waals surface area contributed by atoms with Gasteiger partial charge in [-0.25, -0.2) is 4.98 Å². The second kappa shape index (κ2) is 6.32. The third-order valence-electron chi connectivity index (χ3n) is 2.36. The summed E-state index contributed by atoms with van der Waals surface area (Å²) in [5, 5.41) is 0.324. The van der Waals surface area contributed by atoms with Crippen molar-refractivity contribution in [2.24, 2.45) is 0 Å². The van der Waals surface area contributed by atoms with E-state index in [9.17, 15) is 0 Å². The zero-order chi connectivity index (χ0) is 13.8. The van der Waals surface area contributed by atoms with Crippen LogP contribution in [0.25, 0.3) is 0 Å². The molecule has 0 N–H and O–H groups in total. The van der Waals surface area contributed by atoms with Gasteiger partial charge >= 0.3 is 0 Å². The first-order valence-corrected chi connectivity index (χ1v) is 6.72. The highest BCUT2D eigenvalue weighted by Crippen LogP contribution is 2.28. The van der Waals surface area contributed by atoms with E-state index in [0.29, 0.717) is 22.6 Å². The summed E-state index contributed by atoms with van der Waals surface area (Å²) in [6.45, 7) is 2.25. The molecular weight excluding hydrogens is 332 g/mol. The van der Waals surface area contributed by atoms with Gasteiger partial charge in [-0.3, -0.25) is 0 Å². The summed E-state index contributed by atoms with van der Waals surface area (Å²) in [5.41, 5.74) is 1.01. The molecule has 0 saturated carbocycles. The molecule has 6 heteroatoms. The topological polar surface area (TPSA) is 44.2 Å². The summed E-state index contributed by atoms with van der Waals surface area (Å²) in [5.74, 6) is 1.60. The Balaban J connectivity index is 2.29. The lowest BCUT2D eigenvalue weighted by Crippen LogP contribution is -1.99. The smallest absolute Gasteiger partial charge is 0.224 e. The summed E-state index contributed by atoms with van der Waals surface area (Å²) in [6, 6.07) is 7.35. The Labute approximate surface area is 124 Å². The molecule has 0 aliphatic heterocycles. The van der Waals surface area contributed by atoms with Crippen LogP contribution >= 0.6 is 27.5 Å². The van der Waals surface area contributed by atoms with Crippen molar-refractivity contribution in [2.45, 2.75) is 13.5 Å². The number of nitrogens with zero attached hydrogens (tertiary/aromatic N) is 2. The third kappa shape index (κ3) is 3.89. The van der Waals surface area contributed by atoms with E-state index in [0.717, 1.165) is 10.0 Å². The first-order valence-electron chi connectivity index (χ1n) is 5.55. The van der Waals surface area contributed by atoms with E-state index < -0.39 is 0 Å². The predicted molar refractivity (Wildman–Crippen MR) is 76.7 cm³/mol. The number of aromatic nitrogens is 2. The average Bonchev–Trinajstić information content (AvgIpc) is 2.33. The Hall–Kier alpha value is -1.17. The molecule has 4 nitrogen and oxygen atoms in total. The molecule has 0 radical (unpaired) electrons. The van der Waals surface area contributed by atoms with Gasteiger partial charge in [-0.05, 0) is 24.6 Å². The maximum absolute atomic E-state index is 5.93. The fourth-order valence-corrected chi connectivity index (χ4v) is 2.02. The first kappa shape index (κ1) is 14.2. The van der Waals surface area contributed by atoms with Crippen molar-refractivity contribution in [3.8, 4) is 11.6 Å². The lowest BCUT2D eigenvalue weighted by molar-refractivity contribution is 0.177. The Bertz CT molecular complexity index is 593. The van der Waals surface area contributed by atoms with Crippen LogP contribution in [0.1, 0.15) is 11.4 Å². The Morgan fingerprint density at radius 2 is 2.05 bits per heavy atom. The van der Waals surface area contributed by atoms with Crippen LogP contribution in [0.3, 0.4) is 0 Å². The molecule has 1 aromatic carbocycles. The minimum Gasteiger partial charge on any atom is -0.439 e. The van der Waals surface area contributed by atoms with E-state index in [1.54, 1.807) is 13.2 Å². The lowest BCUT2D eigenvalue weighted by Gasteiger charge is -2.09. The fraction of sp³-hybridized carbons (Fsp3) is 0.231. The number of hydrogen-bond acceptors (Lipinski definition) is 4. The molecule has 1 heterocycles.